The average Bonchev–Trinajstić information content (AvgIpc) is 3.28. The molecule has 28 heavy (non-hydrogen) atoms. The van der Waals surface area contributed by atoms with Crippen LogP contribution < -0.4 is 5.32 Å². The highest BCUT2D eigenvalue weighted by Gasteiger charge is 2.28. The lowest BCUT2D eigenvalue weighted by Crippen LogP contribution is -2.43. The molecule has 0 radical (unpaired) electrons. The summed E-state index contributed by atoms with van der Waals surface area (Å²) in [6.07, 6.45) is 5.39. The van der Waals surface area contributed by atoms with Gasteiger partial charge in [0, 0.05) is 37.1 Å². The SMILES string of the molecule is O=C(NCCc1cccc2cccnc12)C1CCN(C(=O)c2ccco2)CC1. The van der Waals surface area contributed by atoms with E-state index in [1.165, 1.54) is 6.26 Å². The molecule has 1 N–H and O–H groups in total. The van der Waals surface area contributed by atoms with Crippen LogP contribution in [-0.2, 0) is 11.2 Å². The molecule has 0 bridgehead atoms. The summed E-state index contributed by atoms with van der Waals surface area (Å²) in [6.45, 7) is 1.73. The molecule has 6 nitrogen and oxygen atoms in total. The number of carbonyl (C=O) groups is 2. The van der Waals surface area contributed by atoms with Crippen molar-refractivity contribution in [3.8, 4) is 0 Å². The summed E-state index contributed by atoms with van der Waals surface area (Å²) in [5.74, 6) is 0.267. The molecule has 4 rings (SSSR count). The van der Waals surface area contributed by atoms with Crippen LogP contribution in [0.15, 0.2) is 59.3 Å². The van der Waals surface area contributed by atoms with Gasteiger partial charge in [0.2, 0.25) is 5.91 Å². The number of rotatable bonds is 5. The lowest BCUT2D eigenvalue weighted by molar-refractivity contribution is -0.126. The minimum Gasteiger partial charge on any atom is -0.459 e. The van der Waals surface area contributed by atoms with Crippen LogP contribution in [0.4, 0.5) is 0 Å². The maximum atomic E-state index is 12.5. The third kappa shape index (κ3) is 3.91. The topological polar surface area (TPSA) is 75.4 Å². The maximum Gasteiger partial charge on any atom is 0.289 e. The fraction of sp³-hybridized carbons (Fsp3) is 0.318. The molecule has 0 unspecified atom stereocenters. The van der Waals surface area contributed by atoms with E-state index in [2.05, 4.69) is 16.4 Å². The van der Waals surface area contributed by atoms with Gasteiger partial charge in [-0.1, -0.05) is 24.3 Å². The molecule has 0 saturated carbocycles. The van der Waals surface area contributed by atoms with Gasteiger partial charge in [-0.2, -0.15) is 0 Å². The van der Waals surface area contributed by atoms with E-state index < -0.39 is 0 Å². The zero-order valence-electron chi connectivity index (χ0n) is 15.6. The number of fused-ring (bicyclic) bond motifs is 1. The number of aromatic nitrogens is 1. The van der Waals surface area contributed by atoms with E-state index in [-0.39, 0.29) is 17.7 Å². The van der Waals surface area contributed by atoms with E-state index in [4.69, 9.17) is 4.42 Å². The number of hydrogen-bond donors (Lipinski definition) is 1. The number of benzene rings is 1. The van der Waals surface area contributed by atoms with Crippen molar-refractivity contribution < 1.29 is 14.0 Å². The van der Waals surface area contributed by atoms with Gasteiger partial charge in [0.15, 0.2) is 5.76 Å². The fourth-order valence-electron chi connectivity index (χ4n) is 3.73. The molecule has 3 aromatic rings. The van der Waals surface area contributed by atoms with Crippen LogP contribution >= 0.6 is 0 Å². The van der Waals surface area contributed by atoms with Gasteiger partial charge in [-0.15, -0.1) is 0 Å². The number of carbonyl (C=O) groups excluding carboxylic acids is 2. The van der Waals surface area contributed by atoms with Crippen molar-refractivity contribution in [1.82, 2.24) is 15.2 Å². The molecule has 0 atom stereocenters. The average molecular weight is 377 g/mol. The Hall–Kier alpha value is -3.15. The van der Waals surface area contributed by atoms with E-state index in [9.17, 15) is 9.59 Å². The van der Waals surface area contributed by atoms with Gasteiger partial charge in [-0.05, 0) is 43.0 Å². The molecule has 2 amide bonds. The normalized spacial score (nSPS) is 14.9. The molecule has 0 aliphatic carbocycles. The van der Waals surface area contributed by atoms with E-state index in [1.807, 2.05) is 24.3 Å². The third-order valence-corrected chi connectivity index (χ3v) is 5.29. The Morgan fingerprint density at radius 3 is 2.71 bits per heavy atom. The van der Waals surface area contributed by atoms with Gasteiger partial charge in [-0.25, -0.2) is 0 Å². The Labute approximate surface area is 163 Å². The summed E-state index contributed by atoms with van der Waals surface area (Å²) in [4.78, 5) is 31.0. The highest BCUT2D eigenvalue weighted by Crippen LogP contribution is 2.20. The number of hydrogen-bond acceptors (Lipinski definition) is 4. The van der Waals surface area contributed by atoms with Crippen LogP contribution in [-0.4, -0.2) is 41.3 Å². The molecule has 1 saturated heterocycles. The predicted molar refractivity (Wildman–Crippen MR) is 106 cm³/mol. The molecular formula is C22H23N3O3. The van der Waals surface area contributed by atoms with Crippen molar-refractivity contribution in [2.24, 2.45) is 5.92 Å². The first-order chi connectivity index (χ1) is 13.7. The Morgan fingerprint density at radius 1 is 1.11 bits per heavy atom. The summed E-state index contributed by atoms with van der Waals surface area (Å²) in [5.41, 5.74) is 2.13. The van der Waals surface area contributed by atoms with Crippen molar-refractivity contribution in [2.45, 2.75) is 19.3 Å². The molecule has 3 heterocycles. The second kappa shape index (κ2) is 8.25. The van der Waals surface area contributed by atoms with Crippen molar-refractivity contribution in [3.63, 3.8) is 0 Å². The molecular weight excluding hydrogens is 354 g/mol. The van der Waals surface area contributed by atoms with E-state index in [1.54, 1.807) is 23.2 Å². The van der Waals surface area contributed by atoms with Gasteiger partial charge in [-0.3, -0.25) is 14.6 Å². The van der Waals surface area contributed by atoms with Crippen molar-refractivity contribution in [1.29, 1.82) is 0 Å². The van der Waals surface area contributed by atoms with Crippen molar-refractivity contribution in [2.75, 3.05) is 19.6 Å². The van der Waals surface area contributed by atoms with Gasteiger partial charge in [0.05, 0.1) is 11.8 Å². The summed E-state index contributed by atoms with van der Waals surface area (Å²) in [5, 5.41) is 4.16. The number of amides is 2. The summed E-state index contributed by atoms with van der Waals surface area (Å²) in [6, 6.07) is 13.5. The number of likely N-dealkylation sites (tertiary alicyclic amines) is 1. The molecule has 144 valence electrons. The van der Waals surface area contributed by atoms with Crippen LogP contribution in [0.25, 0.3) is 10.9 Å². The zero-order valence-corrected chi connectivity index (χ0v) is 15.6. The van der Waals surface area contributed by atoms with Crippen LogP contribution in [0.1, 0.15) is 29.0 Å². The van der Waals surface area contributed by atoms with E-state index in [0.29, 0.717) is 38.2 Å². The number of furan rings is 1. The molecule has 1 aliphatic heterocycles. The Morgan fingerprint density at radius 2 is 1.93 bits per heavy atom. The standard InChI is InChI=1S/C22H23N3O3/c26-21(18-9-13-25(14-10-18)22(27)19-7-3-15-28-19)24-12-8-17-5-1-4-16-6-2-11-23-20(16)17/h1-7,11,15,18H,8-10,12-14H2,(H,24,26). The highest BCUT2D eigenvalue weighted by molar-refractivity contribution is 5.91. The fourth-order valence-corrected chi connectivity index (χ4v) is 3.73. The number of piperidine rings is 1. The highest BCUT2D eigenvalue weighted by atomic mass is 16.3. The first-order valence-electron chi connectivity index (χ1n) is 9.65. The Balaban J connectivity index is 1.26. The summed E-state index contributed by atoms with van der Waals surface area (Å²) < 4.78 is 5.17. The Bertz CT molecular complexity index is 955. The van der Waals surface area contributed by atoms with Crippen molar-refractivity contribution >= 4 is 22.7 Å². The first kappa shape index (κ1) is 18.2. The number of nitrogens with one attached hydrogen (secondary N) is 1. The molecule has 2 aromatic heterocycles. The van der Waals surface area contributed by atoms with Crippen LogP contribution in [0.2, 0.25) is 0 Å². The van der Waals surface area contributed by atoms with Gasteiger partial charge >= 0.3 is 0 Å². The lowest BCUT2D eigenvalue weighted by Gasteiger charge is -2.30. The zero-order chi connectivity index (χ0) is 19.3. The predicted octanol–water partition coefficient (Wildman–Crippen LogP) is 3.04. The minimum atomic E-state index is -0.104. The molecule has 1 aliphatic rings. The molecule has 1 aromatic carbocycles. The number of nitrogens with zero attached hydrogens (tertiary/aromatic N) is 2. The summed E-state index contributed by atoms with van der Waals surface area (Å²) >= 11 is 0. The smallest absolute Gasteiger partial charge is 0.289 e. The minimum absolute atomic E-state index is 0.0497. The third-order valence-electron chi connectivity index (χ3n) is 5.29. The van der Waals surface area contributed by atoms with Crippen LogP contribution in [0, 0.1) is 5.92 Å². The van der Waals surface area contributed by atoms with Gasteiger partial charge in [0.1, 0.15) is 0 Å². The second-order valence-electron chi connectivity index (χ2n) is 7.08. The molecule has 0 spiro atoms. The van der Waals surface area contributed by atoms with Crippen LogP contribution in [0.5, 0.6) is 0 Å². The van der Waals surface area contributed by atoms with Crippen molar-refractivity contribution in [3.05, 3.63) is 66.2 Å². The molecule has 6 heteroatoms. The van der Waals surface area contributed by atoms with Gasteiger partial charge in [0.25, 0.3) is 5.91 Å². The maximum absolute atomic E-state index is 12.5. The summed E-state index contributed by atoms with van der Waals surface area (Å²) in [7, 11) is 0. The largest absolute Gasteiger partial charge is 0.459 e. The van der Waals surface area contributed by atoms with E-state index >= 15 is 0 Å². The lowest BCUT2D eigenvalue weighted by atomic mass is 9.95. The molecule has 1 fully saturated rings. The van der Waals surface area contributed by atoms with E-state index in [0.717, 1.165) is 22.9 Å². The Kier molecular flexibility index (Phi) is 5.37. The second-order valence-corrected chi connectivity index (χ2v) is 7.08. The number of pyridine rings is 1. The number of para-hydroxylation sites is 1. The first-order valence-corrected chi connectivity index (χ1v) is 9.65. The monoisotopic (exact) mass is 377 g/mol. The van der Waals surface area contributed by atoms with Gasteiger partial charge < -0.3 is 14.6 Å². The van der Waals surface area contributed by atoms with Crippen LogP contribution in [0.3, 0.4) is 0 Å². The quantitative estimate of drug-likeness (QED) is 0.742.